The quantitative estimate of drug-likeness (QED) is 0.691. The summed E-state index contributed by atoms with van der Waals surface area (Å²) >= 11 is 6.09. The molecule has 0 unspecified atom stereocenters. The van der Waals surface area contributed by atoms with Gasteiger partial charge in [0.05, 0.1) is 10.7 Å². The van der Waals surface area contributed by atoms with Crippen molar-refractivity contribution in [3.05, 3.63) is 82.3 Å². The first-order valence-electron chi connectivity index (χ1n) is 8.23. The maximum Gasteiger partial charge on any atom is 0.274 e. The van der Waals surface area contributed by atoms with Crippen LogP contribution < -0.4 is 10.6 Å². The summed E-state index contributed by atoms with van der Waals surface area (Å²) in [6, 6.07) is 16.8. The third kappa shape index (κ3) is 4.37. The molecule has 3 rings (SSSR count). The Kier molecular flexibility index (Phi) is 5.49. The Hall–Kier alpha value is -2.92. The van der Waals surface area contributed by atoms with Crippen molar-refractivity contribution in [3.63, 3.8) is 0 Å². The first-order valence-corrected chi connectivity index (χ1v) is 8.60. The van der Waals surface area contributed by atoms with Crippen LogP contribution in [0.15, 0.2) is 54.6 Å². The fraction of sp³-hybridized carbons (Fsp3) is 0.150. The number of aromatic nitrogens is 2. The first kappa shape index (κ1) is 17.9. The predicted octanol–water partition coefficient (Wildman–Crippen LogP) is 4.61. The number of nitrogens with one attached hydrogen (secondary N) is 2. The Balaban J connectivity index is 1.76. The smallest absolute Gasteiger partial charge is 0.274 e. The number of carbonyl (C=O) groups is 1. The van der Waals surface area contributed by atoms with Crippen molar-refractivity contribution in [3.8, 4) is 0 Å². The van der Waals surface area contributed by atoms with Crippen LogP contribution >= 0.6 is 11.6 Å². The summed E-state index contributed by atoms with van der Waals surface area (Å²) in [6.07, 6.45) is 0. The highest BCUT2D eigenvalue weighted by Gasteiger charge is 2.12. The second-order valence-electron chi connectivity index (χ2n) is 5.90. The number of aryl methyl sites for hydroxylation is 2. The van der Waals surface area contributed by atoms with Crippen LogP contribution in [0, 0.1) is 13.8 Å². The minimum atomic E-state index is -0.331. The molecule has 3 aromatic rings. The van der Waals surface area contributed by atoms with Crippen molar-refractivity contribution in [1.82, 2.24) is 9.97 Å². The van der Waals surface area contributed by atoms with Crippen LogP contribution in [0.1, 0.15) is 27.4 Å². The molecule has 2 aromatic carbocycles. The molecular formula is C20H19ClN4O. The number of carbonyl (C=O) groups excluding carboxylic acids is 1. The lowest BCUT2D eigenvalue weighted by molar-refractivity contribution is 0.102. The zero-order chi connectivity index (χ0) is 18.5. The van der Waals surface area contributed by atoms with Crippen LogP contribution in [0.5, 0.6) is 0 Å². The van der Waals surface area contributed by atoms with E-state index in [2.05, 4.69) is 39.7 Å². The van der Waals surface area contributed by atoms with Gasteiger partial charge < -0.3 is 10.6 Å². The summed E-state index contributed by atoms with van der Waals surface area (Å²) in [5.41, 5.74) is 3.20. The average molecular weight is 367 g/mol. The number of hydrogen-bond donors (Lipinski definition) is 2. The van der Waals surface area contributed by atoms with Gasteiger partial charge in [0.2, 0.25) is 0 Å². The maximum atomic E-state index is 12.5. The zero-order valence-corrected chi connectivity index (χ0v) is 15.3. The lowest BCUT2D eigenvalue weighted by atomic mass is 10.1. The number of amides is 1. The van der Waals surface area contributed by atoms with E-state index in [0.717, 1.165) is 0 Å². The minimum absolute atomic E-state index is 0.282. The molecular weight excluding hydrogens is 348 g/mol. The van der Waals surface area contributed by atoms with Gasteiger partial charge in [-0.2, -0.15) is 0 Å². The molecule has 26 heavy (non-hydrogen) atoms. The normalized spacial score (nSPS) is 10.4. The van der Waals surface area contributed by atoms with Crippen molar-refractivity contribution in [2.45, 2.75) is 20.4 Å². The van der Waals surface area contributed by atoms with E-state index < -0.39 is 0 Å². The molecule has 0 saturated carbocycles. The molecule has 0 saturated heterocycles. The van der Waals surface area contributed by atoms with Gasteiger partial charge in [0.15, 0.2) is 0 Å². The number of benzene rings is 2. The molecule has 1 heterocycles. The number of halogens is 1. The predicted molar refractivity (Wildman–Crippen MR) is 105 cm³/mol. The summed E-state index contributed by atoms with van der Waals surface area (Å²) in [7, 11) is 0. The molecule has 6 heteroatoms. The van der Waals surface area contributed by atoms with E-state index in [1.807, 2.05) is 18.2 Å². The number of rotatable bonds is 5. The van der Waals surface area contributed by atoms with Crippen molar-refractivity contribution < 1.29 is 4.79 Å². The minimum Gasteiger partial charge on any atom is -0.366 e. The fourth-order valence-corrected chi connectivity index (χ4v) is 2.70. The van der Waals surface area contributed by atoms with Crippen molar-refractivity contribution >= 4 is 29.0 Å². The third-order valence-corrected chi connectivity index (χ3v) is 4.24. The van der Waals surface area contributed by atoms with Crippen LogP contribution in [-0.2, 0) is 6.54 Å². The van der Waals surface area contributed by atoms with Gasteiger partial charge in [-0.05, 0) is 37.1 Å². The summed E-state index contributed by atoms with van der Waals surface area (Å²) < 4.78 is 0. The summed E-state index contributed by atoms with van der Waals surface area (Å²) in [5.74, 6) is 0.789. The van der Waals surface area contributed by atoms with E-state index in [0.29, 0.717) is 28.9 Å². The SMILES string of the molecule is Cc1nc(NCc2ccccc2C)cc(C(=O)Nc2ccccc2Cl)n1. The molecule has 1 amide bonds. The van der Waals surface area contributed by atoms with Crippen molar-refractivity contribution in [1.29, 1.82) is 0 Å². The number of anilines is 2. The second kappa shape index (κ2) is 7.97. The van der Waals surface area contributed by atoms with Gasteiger partial charge in [0, 0.05) is 12.6 Å². The monoisotopic (exact) mass is 366 g/mol. The number of nitrogens with zero attached hydrogens (tertiary/aromatic N) is 2. The van der Waals surface area contributed by atoms with Gasteiger partial charge in [0.25, 0.3) is 5.91 Å². The van der Waals surface area contributed by atoms with Gasteiger partial charge in [-0.1, -0.05) is 48.0 Å². The van der Waals surface area contributed by atoms with Crippen LogP contribution in [-0.4, -0.2) is 15.9 Å². The molecule has 0 radical (unpaired) electrons. The van der Waals surface area contributed by atoms with E-state index in [1.54, 1.807) is 31.2 Å². The molecule has 1 aromatic heterocycles. The molecule has 132 valence electrons. The van der Waals surface area contributed by atoms with Gasteiger partial charge in [-0.15, -0.1) is 0 Å². The lowest BCUT2D eigenvalue weighted by Gasteiger charge is -2.11. The Morgan fingerprint density at radius 3 is 2.54 bits per heavy atom. The molecule has 0 aliphatic rings. The van der Waals surface area contributed by atoms with E-state index >= 15 is 0 Å². The number of hydrogen-bond acceptors (Lipinski definition) is 4. The molecule has 0 spiro atoms. The zero-order valence-electron chi connectivity index (χ0n) is 14.6. The molecule has 0 bridgehead atoms. The molecule has 2 N–H and O–H groups in total. The highest BCUT2D eigenvalue weighted by Crippen LogP contribution is 2.21. The van der Waals surface area contributed by atoms with E-state index in [4.69, 9.17) is 11.6 Å². The van der Waals surface area contributed by atoms with Gasteiger partial charge in [0.1, 0.15) is 17.3 Å². The van der Waals surface area contributed by atoms with Gasteiger partial charge in [-0.25, -0.2) is 9.97 Å². The Bertz CT molecular complexity index is 943. The average Bonchev–Trinajstić information content (AvgIpc) is 2.62. The van der Waals surface area contributed by atoms with Crippen molar-refractivity contribution in [2.24, 2.45) is 0 Å². The van der Waals surface area contributed by atoms with Crippen LogP contribution in [0.3, 0.4) is 0 Å². The summed E-state index contributed by atoms with van der Waals surface area (Å²) in [4.78, 5) is 21.1. The molecule has 0 atom stereocenters. The fourth-order valence-electron chi connectivity index (χ4n) is 2.52. The topological polar surface area (TPSA) is 66.9 Å². The Morgan fingerprint density at radius 2 is 1.77 bits per heavy atom. The maximum absolute atomic E-state index is 12.5. The second-order valence-corrected chi connectivity index (χ2v) is 6.31. The summed E-state index contributed by atoms with van der Waals surface area (Å²) in [5, 5.41) is 6.51. The number of para-hydroxylation sites is 1. The third-order valence-electron chi connectivity index (χ3n) is 3.91. The van der Waals surface area contributed by atoms with E-state index in [1.165, 1.54) is 11.1 Å². The largest absolute Gasteiger partial charge is 0.366 e. The van der Waals surface area contributed by atoms with Gasteiger partial charge >= 0.3 is 0 Å². The van der Waals surface area contributed by atoms with Crippen LogP contribution in [0.25, 0.3) is 0 Å². The van der Waals surface area contributed by atoms with Crippen LogP contribution in [0.4, 0.5) is 11.5 Å². The van der Waals surface area contributed by atoms with E-state index in [9.17, 15) is 4.79 Å². The first-order chi connectivity index (χ1) is 12.5. The molecule has 5 nitrogen and oxygen atoms in total. The molecule has 0 aliphatic heterocycles. The lowest BCUT2D eigenvalue weighted by Crippen LogP contribution is -2.16. The van der Waals surface area contributed by atoms with E-state index in [-0.39, 0.29) is 11.6 Å². The summed E-state index contributed by atoms with van der Waals surface area (Å²) in [6.45, 7) is 4.44. The Labute approximate surface area is 157 Å². The van der Waals surface area contributed by atoms with Crippen LogP contribution in [0.2, 0.25) is 5.02 Å². The van der Waals surface area contributed by atoms with Crippen molar-refractivity contribution in [2.75, 3.05) is 10.6 Å². The highest BCUT2D eigenvalue weighted by molar-refractivity contribution is 6.33. The molecule has 0 aliphatic carbocycles. The highest BCUT2D eigenvalue weighted by atomic mass is 35.5. The van der Waals surface area contributed by atoms with Gasteiger partial charge in [-0.3, -0.25) is 4.79 Å². The molecule has 0 fully saturated rings. The standard InChI is InChI=1S/C20H19ClN4O/c1-13-7-3-4-8-15(13)12-22-19-11-18(23-14(2)24-19)20(26)25-17-10-6-5-9-16(17)21/h3-11H,12H2,1-2H3,(H,25,26)(H,22,23,24). The Morgan fingerprint density at radius 1 is 1.04 bits per heavy atom.